The number of rotatable bonds is 5. The van der Waals surface area contributed by atoms with E-state index in [1.165, 1.54) is 11.1 Å². The van der Waals surface area contributed by atoms with Crippen molar-refractivity contribution in [2.45, 2.75) is 26.2 Å². The highest BCUT2D eigenvalue weighted by molar-refractivity contribution is 6.30. The molecule has 1 aliphatic heterocycles. The van der Waals surface area contributed by atoms with E-state index < -0.39 is 0 Å². The van der Waals surface area contributed by atoms with Crippen molar-refractivity contribution in [3.05, 3.63) is 82.1 Å². The molecule has 26 heavy (non-hydrogen) atoms. The quantitative estimate of drug-likeness (QED) is 0.686. The van der Waals surface area contributed by atoms with Crippen LogP contribution in [-0.4, -0.2) is 33.0 Å². The predicted molar refractivity (Wildman–Crippen MR) is 101 cm³/mol. The highest BCUT2D eigenvalue weighted by atomic mass is 35.5. The summed E-state index contributed by atoms with van der Waals surface area (Å²) in [5.41, 5.74) is 4.54. The monoisotopic (exact) mass is 368 g/mol. The minimum atomic E-state index is -0.144. The van der Waals surface area contributed by atoms with Crippen molar-refractivity contribution < 1.29 is 4.74 Å². The van der Waals surface area contributed by atoms with Crippen LogP contribution in [0.25, 0.3) is 0 Å². The number of halogens is 1. The first-order chi connectivity index (χ1) is 12.7. The zero-order valence-electron chi connectivity index (χ0n) is 14.7. The molecule has 6 heteroatoms. The van der Waals surface area contributed by atoms with E-state index in [0.29, 0.717) is 13.2 Å². The number of benzene rings is 2. The van der Waals surface area contributed by atoms with Crippen molar-refractivity contribution in [3.8, 4) is 0 Å². The molecule has 4 rings (SSSR count). The van der Waals surface area contributed by atoms with Gasteiger partial charge in [-0.05, 0) is 30.2 Å². The van der Waals surface area contributed by atoms with Gasteiger partial charge in [0.05, 0.1) is 19.3 Å². The van der Waals surface area contributed by atoms with Crippen molar-refractivity contribution in [3.63, 3.8) is 0 Å². The fraction of sp³-hybridized carbons (Fsp3) is 0.300. The van der Waals surface area contributed by atoms with Gasteiger partial charge in [0.25, 0.3) is 0 Å². The Hall–Kier alpha value is -2.21. The van der Waals surface area contributed by atoms with Crippen molar-refractivity contribution in [1.29, 1.82) is 0 Å². The van der Waals surface area contributed by atoms with Crippen LogP contribution in [0.3, 0.4) is 0 Å². The fourth-order valence-electron chi connectivity index (χ4n) is 3.26. The van der Waals surface area contributed by atoms with Gasteiger partial charge in [-0.1, -0.05) is 58.8 Å². The third-order valence-electron chi connectivity index (χ3n) is 4.52. The highest BCUT2D eigenvalue weighted by Crippen LogP contribution is 2.27. The first kappa shape index (κ1) is 17.2. The zero-order valence-corrected chi connectivity index (χ0v) is 15.4. The van der Waals surface area contributed by atoms with Gasteiger partial charge in [-0.25, -0.2) is 4.68 Å². The Kier molecular flexibility index (Phi) is 5.02. The Morgan fingerprint density at radius 1 is 1.12 bits per heavy atom. The van der Waals surface area contributed by atoms with E-state index in [9.17, 15) is 0 Å². The van der Waals surface area contributed by atoms with E-state index >= 15 is 0 Å². The summed E-state index contributed by atoms with van der Waals surface area (Å²) in [6, 6.07) is 16.4. The van der Waals surface area contributed by atoms with E-state index in [-0.39, 0.29) is 6.23 Å². The van der Waals surface area contributed by atoms with Gasteiger partial charge in [0.1, 0.15) is 5.69 Å². The summed E-state index contributed by atoms with van der Waals surface area (Å²) in [6.45, 7) is 5.22. The molecular weight excluding hydrogens is 348 g/mol. The van der Waals surface area contributed by atoms with Gasteiger partial charge < -0.3 is 4.74 Å². The molecule has 1 aromatic heterocycles. The van der Waals surface area contributed by atoms with Crippen LogP contribution in [-0.2, 0) is 17.8 Å². The molecule has 0 amide bonds. The SMILES string of the molecule is Cc1cccc(CN2CCO[C@@H]2c2cn(Cc3ccc(Cl)cc3)nn2)c1. The molecule has 0 unspecified atom stereocenters. The molecule has 0 saturated carbocycles. The Morgan fingerprint density at radius 3 is 2.77 bits per heavy atom. The minimum absolute atomic E-state index is 0.144. The Labute approximate surface area is 158 Å². The second-order valence-electron chi connectivity index (χ2n) is 6.65. The Balaban J connectivity index is 1.46. The molecule has 1 fully saturated rings. The van der Waals surface area contributed by atoms with Gasteiger partial charge in [-0.15, -0.1) is 5.10 Å². The Morgan fingerprint density at radius 2 is 1.96 bits per heavy atom. The van der Waals surface area contributed by atoms with E-state index in [4.69, 9.17) is 16.3 Å². The van der Waals surface area contributed by atoms with Gasteiger partial charge in [0.15, 0.2) is 6.23 Å². The van der Waals surface area contributed by atoms with Gasteiger partial charge in [-0.2, -0.15) is 0 Å². The molecule has 1 saturated heterocycles. The molecule has 0 spiro atoms. The maximum atomic E-state index is 5.94. The van der Waals surface area contributed by atoms with E-state index in [2.05, 4.69) is 46.4 Å². The van der Waals surface area contributed by atoms with Gasteiger partial charge in [0, 0.05) is 18.1 Å². The molecule has 0 N–H and O–H groups in total. The molecule has 0 bridgehead atoms. The number of hydrogen-bond donors (Lipinski definition) is 0. The molecule has 1 atom stereocenters. The number of nitrogens with zero attached hydrogens (tertiary/aromatic N) is 4. The summed E-state index contributed by atoms with van der Waals surface area (Å²) < 4.78 is 7.76. The van der Waals surface area contributed by atoms with Crippen LogP contribution >= 0.6 is 11.6 Å². The average Bonchev–Trinajstić information content (AvgIpc) is 3.26. The van der Waals surface area contributed by atoms with Crippen LogP contribution < -0.4 is 0 Å². The maximum absolute atomic E-state index is 5.94. The second kappa shape index (κ2) is 7.58. The lowest BCUT2D eigenvalue weighted by atomic mass is 10.1. The van der Waals surface area contributed by atoms with Crippen molar-refractivity contribution in [1.82, 2.24) is 19.9 Å². The lowest BCUT2D eigenvalue weighted by molar-refractivity contribution is 0.0252. The summed E-state index contributed by atoms with van der Waals surface area (Å²) in [7, 11) is 0. The van der Waals surface area contributed by atoms with Gasteiger partial charge in [0.2, 0.25) is 0 Å². The smallest absolute Gasteiger partial charge is 0.157 e. The molecular formula is C20H21ClN4O. The fourth-order valence-corrected chi connectivity index (χ4v) is 3.39. The van der Waals surface area contributed by atoms with Gasteiger partial charge >= 0.3 is 0 Å². The standard InChI is InChI=1S/C20H21ClN4O/c1-15-3-2-4-17(11-15)12-24-9-10-26-20(24)19-14-25(23-22-19)13-16-5-7-18(21)8-6-16/h2-8,11,14,20H,9-10,12-13H2,1H3/t20-/m1/s1. The minimum Gasteiger partial charge on any atom is -0.356 e. The third-order valence-corrected chi connectivity index (χ3v) is 4.77. The van der Waals surface area contributed by atoms with Crippen LogP contribution in [0.5, 0.6) is 0 Å². The second-order valence-corrected chi connectivity index (χ2v) is 7.09. The first-order valence-corrected chi connectivity index (χ1v) is 9.11. The summed E-state index contributed by atoms with van der Waals surface area (Å²) in [6.07, 6.45) is 1.82. The number of ether oxygens (including phenoxy) is 1. The van der Waals surface area contributed by atoms with E-state index in [1.54, 1.807) is 0 Å². The lowest BCUT2D eigenvalue weighted by Crippen LogP contribution is -2.23. The van der Waals surface area contributed by atoms with Crippen LogP contribution in [0, 0.1) is 6.92 Å². The highest BCUT2D eigenvalue weighted by Gasteiger charge is 2.29. The number of aromatic nitrogens is 3. The number of hydrogen-bond acceptors (Lipinski definition) is 4. The molecule has 0 radical (unpaired) electrons. The first-order valence-electron chi connectivity index (χ1n) is 8.73. The molecule has 134 valence electrons. The predicted octanol–water partition coefficient (Wildman–Crippen LogP) is 3.82. The normalized spacial score (nSPS) is 17.7. The van der Waals surface area contributed by atoms with Crippen molar-refractivity contribution >= 4 is 11.6 Å². The summed E-state index contributed by atoms with van der Waals surface area (Å²) >= 11 is 5.94. The molecule has 3 aromatic rings. The average molecular weight is 369 g/mol. The van der Waals surface area contributed by atoms with Crippen molar-refractivity contribution in [2.75, 3.05) is 13.2 Å². The third kappa shape index (κ3) is 3.96. The zero-order chi connectivity index (χ0) is 17.9. The van der Waals surface area contributed by atoms with E-state index in [1.807, 2.05) is 35.1 Å². The number of aryl methyl sites for hydroxylation is 1. The van der Waals surface area contributed by atoms with Crippen LogP contribution in [0.15, 0.2) is 54.7 Å². The lowest BCUT2D eigenvalue weighted by Gasteiger charge is -2.21. The summed E-state index contributed by atoms with van der Waals surface area (Å²) in [5, 5.41) is 9.34. The maximum Gasteiger partial charge on any atom is 0.157 e. The molecule has 0 aliphatic carbocycles. The van der Waals surface area contributed by atoms with Crippen LogP contribution in [0.1, 0.15) is 28.6 Å². The largest absolute Gasteiger partial charge is 0.356 e. The van der Waals surface area contributed by atoms with Crippen LogP contribution in [0.2, 0.25) is 5.02 Å². The molecule has 1 aliphatic rings. The summed E-state index contributed by atoms with van der Waals surface area (Å²) in [5.74, 6) is 0. The van der Waals surface area contributed by atoms with Crippen molar-refractivity contribution in [2.24, 2.45) is 0 Å². The topological polar surface area (TPSA) is 43.2 Å². The van der Waals surface area contributed by atoms with Crippen LogP contribution in [0.4, 0.5) is 0 Å². The molecule has 5 nitrogen and oxygen atoms in total. The molecule has 2 aromatic carbocycles. The van der Waals surface area contributed by atoms with Gasteiger partial charge in [-0.3, -0.25) is 4.90 Å². The molecule has 2 heterocycles. The summed E-state index contributed by atoms with van der Waals surface area (Å²) in [4.78, 5) is 2.30. The van der Waals surface area contributed by atoms with E-state index in [0.717, 1.165) is 29.4 Å². The Bertz CT molecular complexity index is 878.